The topological polar surface area (TPSA) is 97.1 Å². The van der Waals surface area contributed by atoms with Crippen LogP contribution in [0.15, 0.2) is 15.7 Å². The molecule has 0 fully saturated rings. The van der Waals surface area contributed by atoms with E-state index < -0.39 is 22.7 Å². The van der Waals surface area contributed by atoms with Crippen LogP contribution in [-0.4, -0.2) is 32.9 Å². The van der Waals surface area contributed by atoms with Crippen molar-refractivity contribution >= 4 is 35.0 Å². The maximum Gasteiger partial charge on any atom is 0.321 e. The van der Waals surface area contributed by atoms with Crippen molar-refractivity contribution in [3.05, 3.63) is 16.5 Å². The Balaban J connectivity index is 1.60. The van der Waals surface area contributed by atoms with Crippen LogP contribution >= 0.6 is 23.1 Å². The molecule has 3 rings (SSSR count). The summed E-state index contributed by atoms with van der Waals surface area (Å²) in [6.45, 7) is 9.50. The van der Waals surface area contributed by atoms with E-state index in [0.29, 0.717) is 17.0 Å². The number of fused-ring (bicyclic) bond motifs is 1. The Hall–Kier alpha value is -1.87. The molecule has 152 valence electrons. The molecule has 28 heavy (non-hydrogen) atoms. The van der Waals surface area contributed by atoms with Gasteiger partial charge in [0.15, 0.2) is 0 Å². The van der Waals surface area contributed by atoms with Gasteiger partial charge in [-0.15, -0.1) is 21.5 Å². The Morgan fingerprint density at radius 3 is 2.82 bits per heavy atom. The van der Waals surface area contributed by atoms with Gasteiger partial charge in [0.05, 0.1) is 10.1 Å². The van der Waals surface area contributed by atoms with Gasteiger partial charge in [0.1, 0.15) is 0 Å². The summed E-state index contributed by atoms with van der Waals surface area (Å²) in [5.41, 5.74) is 0.962. The third kappa shape index (κ3) is 5.35. The van der Waals surface area contributed by atoms with Gasteiger partial charge in [-0.3, -0.25) is 10.1 Å². The number of carbonyl (C=O) groups excluding carboxylic acids is 2. The molecule has 0 aromatic carbocycles. The van der Waals surface area contributed by atoms with Crippen LogP contribution in [0, 0.1) is 5.92 Å². The molecule has 2 N–H and O–H groups in total. The van der Waals surface area contributed by atoms with E-state index in [-0.39, 0.29) is 0 Å². The van der Waals surface area contributed by atoms with Crippen LogP contribution in [0.25, 0.3) is 10.8 Å². The third-order valence-electron chi connectivity index (χ3n) is 4.32. The molecular weight excluding hydrogens is 396 g/mol. The van der Waals surface area contributed by atoms with E-state index in [0.717, 1.165) is 29.5 Å². The molecule has 0 bridgehead atoms. The minimum absolute atomic E-state index is 0.314. The first kappa shape index (κ1) is 20.9. The summed E-state index contributed by atoms with van der Waals surface area (Å²) in [4.78, 5) is 26.4. The number of carbonyl (C=O) groups is 2. The zero-order valence-electron chi connectivity index (χ0n) is 16.8. The number of hydrogen-bond donors (Lipinski definition) is 2. The van der Waals surface area contributed by atoms with Crippen LogP contribution < -0.4 is 10.6 Å². The van der Waals surface area contributed by atoms with E-state index in [4.69, 9.17) is 4.42 Å². The van der Waals surface area contributed by atoms with Crippen molar-refractivity contribution in [1.82, 2.24) is 20.8 Å². The number of thiophene rings is 1. The maximum atomic E-state index is 12.2. The standard InChI is InChI=1S/C19H26N4O3S2/c1-10-6-7-13-12(8-10)9-14(28-13)16-22-23-18(26-16)27-11(2)15(24)20-17(25)21-19(3,4)5/h9-11H,6-8H2,1-5H3,(H2,20,21,24,25)/t10-,11-/m0/s1. The van der Waals surface area contributed by atoms with Crippen LogP contribution in [0.1, 0.15) is 51.5 Å². The van der Waals surface area contributed by atoms with Gasteiger partial charge in [-0.1, -0.05) is 18.7 Å². The fourth-order valence-electron chi connectivity index (χ4n) is 2.96. The molecule has 0 saturated carbocycles. The molecule has 0 unspecified atom stereocenters. The molecule has 1 aliphatic carbocycles. The molecule has 0 spiro atoms. The lowest BCUT2D eigenvalue weighted by Crippen LogP contribution is -2.49. The van der Waals surface area contributed by atoms with Gasteiger partial charge in [0.2, 0.25) is 5.91 Å². The summed E-state index contributed by atoms with van der Waals surface area (Å²) in [6.07, 6.45) is 3.41. The smallest absolute Gasteiger partial charge is 0.321 e. The average molecular weight is 423 g/mol. The summed E-state index contributed by atoms with van der Waals surface area (Å²) >= 11 is 2.84. The first-order valence-corrected chi connectivity index (χ1v) is 11.1. The summed E-state index contributed by atoms with van der Waals surface area (Å²) in [5, 5.41) is 13.0. The van der Waals surface area contributed by atoms with Crippen molar-refractivity contribution in [2.45, 2.75) is 69.9 Å². The quantitative estimate of drug-likeness (QED) is 0.722. The zero-order chi connectivity index (χ0) is 20.5. The zero-order valence-corrected chi connectivity index (χ0v) is 18.4. The normalized spacial score (nSPS) is 17.7. The number of amides is 3. The Labute approximate surface area is 173 Å². The molecule has 2 heterocycles. The lowest BCUT2D eigenvalue weighted by atomic mass is 9.90. The highest BCUT2D eigenvalue weighted by Crippen LogP contribution is 2.37. The van der Waals surface area contributed by atoms with Crippen molar-refractivity contribution in [2.75, 3.05) is 0 Å². The van der Waals surface area contributed by atoms with Gasteiger partial charge < -0.3 is 9.73 Å². The van der Waals surface area contributed by atoms with Gasteiger partial charge in [-0.25, -0.2) is 4.79 Å². The lowest BCUT2D eigenvalue weighted by Gasteiger charge is -2.20. The molecule has 7 nitrogen and oxygen atoms in total. The molecule has 0 saturated heterocycles. The fourth-order valence-corrected chi connectivity index (χ4v) is 4.77. The Kier molecular flexibility index (Phi) is 6.14. The Morgan fingerprint density at radius 1 is 1.36 bits per heavy atom. The van der Waals surface area contributed by atoms with E-state index >= 15 is 0 Å². The Bertz CT molecular complexity index is 869. The number of aromatic nitrogens is 2. The fraction of sp³-hybridized carbons (Fsp3) is 0.579. The summed E-state index contributed by atoms with van der Waals surface area (Å²) in [5.74, 6) is 0.776. The highest BCUT2D eigenvalue weighted by atomic mass is 32.2. The molecule has 9 heteroatoms. The second-order valence-electron chi connectivity index (χ2n) is 8.23. The van der Waals surface area contributed by atoms with Crippen LogP contribution in [0.5, 0.6) is 0 Å². The van der Waals surface area contributed by atoms with Crippen LogP contribution in [-0.2, 0) is 17.6 Å². The minimum atomic E-state index is -0.545. The van der Waals surface area contributed by atoms with E-state index in [1.807, 2.05) is 20.8 Å². The molecule has 0 aliphatic heterocycles. The number of thioether (sulfide) groups is 1. The lowest BCUT2D eigenvalue weighted by molar-refractivity contribution is -0.119. The number of urea groups is 1. The molecule has 2 aromatic rings. The van der Waals surface area contributed by atoms with E-state index in [2.05, 4.69) is 33.8 Å². The van der Waals surface area contributed by atoms with E-state index in [1.54, 1.807) is 18.3 Å². The maximum absolute atomic E-state index is 12.2. The SMILES string of the molecule is C[C@H]1CCc2sc(-c3nnc(S[C@@H](C)C(=O)NC(=O)NC(C)(C)C)o3)cc2C1. The number of aryl methyl sites for hydroxylation is 1. The van der Waals surface area contributed by atoms with Crippen LogP contribution in [0.3, 0.4) is 0 Å². The molecule has 0 radical (unpaired) electrons. The predicted molar refractivity (Wildman–Crippen MR) is 111 cm³/mol. The second-order valence-corrected chi connectivity index (χ2v) is 10.7. The molecule has 3 amide bonds. The monoisotopic (exact) mass is 422 g/mol. The van der Waals surface area contributed by atoms with Gasteiger partial charge in [-0.05, 0) is 64.5 Å². The van der Waals surface area contributed by atoms with E-state index in [1.165, 1.54) is 16.9 Å². The highest BCUT2D eigenvalue weighted by Gasteiger charge is 2.24. The number of hydrogen-bond acceptors (Lipinski definition) is 7. The van der Waals surface area contributed by atoms with Gasteiger partial charge in [-0.2, -0.15) is 0 Å². The molecule has 2 atom stereocenters. The summed E-state index contributed by atoms with van der Waals surface area (Å²) in [6, 6.07) is 1.62. The molecule has 1 aliphatic rings. The summed E-state index contributed by atoms with van der Waals surface area (Å²) < 4.78 is 5.75. The van der Waals surface area contributed by atoms with Crippen LogP contribution in [0.4, 0.5) is 4.79 Å². The molecular formula is C19H26N4O3S2. The molecule has 2 aromatic heterocycles. The van der Waals surface area contributed by atoms with Crippen molar-refractivity contribution in [1.29, 1.82) is 0 Å². The number of imide groups is 1. The van der Waals surface area contributed by atoms with Crippen molar-refractivity contribution in [3.63, 3.8) is 0 Å². The first-order chi connectivity index (χ1) is 13.1. The average Bonchev–Trinajstić information content (AvgIpc) is 3.18. The highest BCUT2D eigenvalue weighted by molar-refractivity contribution is 8.00. The Morgan fingerprint density at radius 2 is 2.11 bits per heavy atom. The third-order valence-corrected chi connectivity index (χ3v) is 6.48. The van der Waals surface area contributed by atoms with Crippen molar-refractivity contribution in [2.24, 2.45) is 5.92 Å². The predicted octanol–water partition coefficient (Wildman–Crippen LogP) is 4.03. The van der Waals surface area contributed by atoms with Crippen molar-refractivity contribution in [3.8, 4) is 10.8 Å². The van der Waals surface area contributed by atoms with Gasteiger partial charge in [0, 0.05) is 10.4 Å². The van der Waals surface area contributed by atoms with Gasteiger partial charge >= 0.3 is 6.03 Å². The number of nitrogens with one attached hydrogen (secondary N) is 2. The van der Waals surface area contributed by atoms with Gasteiger partial charge in [0.25, 0.3) is 11.1 Å². The number of nitrogens with zero attached hydrogens (tertiary/aromatic N) is 2. The number of rotatable bonds is 4. The van der Waals surface area contributed by atoms with Crippen LogP contribution in [0.2, 0.25) is 0 Å². The largest absolute Gasteiger partial charge is 0.410 e. The van der Waals surface area contributed by atoms with Crippen molar-refractivity contribution < 1.29 is 14.0 Å². The first-order valence-electron chi connectivity index (χ1n) is 9.36. The summed E-state index contributed by atoms with van der Waals surface area (Å²) in [7, 11) is 0. The minimum Gasteiger partial charge on any atom is -0.410 e. The van der Waals surface area contributed by atoms with E-state index in [9.17, 15) is 9.59 Å². The second kappa shape index (κ2) is 8.24.